The minimum absolute atomic E-state index is 0.230. The average molecular weight is 421 g/mol. The summed E-state index contributed by atoms with van der Waals surface area (Å²) in [6.07, 6.45) is 0. The van der Waals surface area contributed by atoms with Crippen molar-refractivity contribution in [3.05, 3.63) is 65.0 Å². The largest absolute Gasteiger partial charge is 0.367 e. The summed E-state index contributed by atoms with van der Waals surface area (Å²) in [4.78, 5) is 0. The SMILES string of the molecule is CCOP(=O)(OCC)C(Nc1c(C(C)C)cccc1C(C)C)c1cccc(F)c1. The quantitative estimate of drug-likeness (QED) is 0.405. The van der Waals surface area contributed by atoms with Crippen LogP contribution < -0.4 is 5.32 Å². The van der Waals surface area contributed by atoms with E-state index in [1.807, 2.05) is 6.07 Å². The lowest BCUT2D eigenvalue weighted by Crippen LogP contribution is -2.18. The molecule has 0 amide bonds. The monoisotopic (exact) mass is 421 g/mol. The lowest BCUT2D eigenvalue weighted by Gasteiger charge is -2.31. The van der Waals surface area contributed by atoms with Crippen LogP contribution in [0.2, 0.25) is 0 Å². The van der Waals surface area contributed by atoms with Crippen LogP contribution in [0.4, 0.5) is 10.1 Å². The van der Waals surface area contributed by atoms with Crippen LogP contribution in [0.15, 0.2) is 42.5 Å². The van der Waals surface area contributed by atoms with Gasteiger partial charge in [0.2, 0.25) is 0 Å². The zero-order chi connectivity index (χ0) is 21.6. The Labute approximate surface area is 174 Å². The third-order valence-electron chi connectivity index (χ3n) is 4.75. The van der Waals surface area contributed by atoms with Gasteiger partial charge in [0.25, 0.3) is 0 Å². The Morgan fingerprint density at radius 1 is 0.931 bits per heavy atom. The van der Waals surface area contributed by atoms with Gasteiger partial charge in [-0.25, -0.2) is 4.39 Å². The van der Waals surface area contributed by atoms with Gasteiger partial charge in [0, 0.05) is 5.69 Å². The first-order valence-electron chi connectivity index (χ1n) is 10.3. The van der Waals surface area contributed by atoms with E-state index in [0.29, 0.717) is 5.56 Å². The van der Waals surface area contributed by atoms with Crippen LogP contribution in [0.3, 0.4) is 0 Å². The number of nitrogens with one attached hydrogen (secondary N) is 1. The van der Waals surface area contributed by atoms with Crippen molar-refractivity contribution < 1.29 is 18.0 Å². The molecule has 0 radical (unpaired) electrons. The molecule has 2 aromatic rings. The van der Waals surface area contributed by atoms with Crippen LogP contribution in [0, 0.1) is 5.82 Å². The Hall–Kier alpha value is -1.68. The molecule has 0 saturated heterocycles. The van der Waals surface area contributed by atoms with Gasteiger partial charge in [0.1, 0.15) is 5.82 Å². The molecule has 6 heteroatoms. The third kappa shape index (κ3) is 5.69. The first-order valence-corrected chi connectivity index (χ1v) is 11.9. The van der Waals surface area contributed by atoms with Crippen LogP contribution >= 0.6 is 7.60 Å². The number of anilines is 1. The predicted molar refractivity (Wildman–Crippen MR) is 118 cm³/mol. The zero-order valence-electron chi connectivity index (χ0n) is 18.2. The second-order valence-electron chi connectivity index (χ2n) is 7.60. The highest BCUT2D eigenvalue weighted by Crippen LogP contribution is 2.61. The molecule has 0 heterocycles. The Kier molecular flexibility index (Phi) is 8.45. The second-order valence-corrected chi connectivity index (χ2v) is 9.71. The highest BCUT2D eigenvalue weighted by atomic mass is 31.2. The molecule has 4 nitrogen and oxygen atoms in total. The van der Waals surface area contributed by atoms with Crippen LogP contribution in [0.25, 0.3) is 0 Å². The van der Waals surface area contributed by atoms with E-state index < -0.39 is 19.2 Å². The molecule has 29 heavy (non-hydrogen) atoms. The number of hydrogen-bond donors (Lipinski definition) is 1. The summed E-state index contributed by atoms with van der Waals surface area (Å²) in [5.74, 6) is -0.712. The van der Waals surface area contributed by atoms with Gasteiger partial charge in [0.15, 0.2) is 5.78 Å². The van der Waals surface area contributed by atoms with E-state index in [-0.39, 0.29) is 25.0 Å². The standard InChI is InChI=1S/C23H33FNO3P/c1-7-27-29(26,28-8-2)23(18-11-9-12-19(24)15-18)25-22-20(16(3)4)13-10-14-21(22)17(5)6/h9-17,23,25H,7-8H2,1-6H3. The molecule has 0 aliphatic carbocycles. The van der Waals surface area contributed by atoms with Gasteiger partial charge < -0.3 is 14.4 Å². The van der Waals surface area contributed by atoms with Crippen molar-refractivity contribution in [2.75, 3.05) is 18.5 Å². The van der Waals surface area contributed by atoms with E-state index in [9.17, 15) is 8.96 Å². The van der Waals surface area contributed by atoms with E-state index >= 15 is 0 Å². The van der Waals surface area contributed by atoms with Gasteiger partial charge in [-0.1, -0.05) is 58.0 Å². The Morgan fingerprint density at radius 3 is 1.90 bits per heavy atom. The maximum Gasteiger partial charge on any atom is 0.357 e. The molecule has 0 bridgehead atoms. The van der Waals surface area contributed by atoms with E-state index in [0.717, 1.165) is 16.8 Å². The van der Waals surface area contributed by atoms with Crippen LogP contribution in [-0.4, -0.2) is 13.2 Å². The van der Waals surface area contributed by atoms with E-state index in [1.54, 1.807) is 26.0 Å². The Morgan fingerprint density at radius 2 is 1.45 bits per heavy atom. The van der Waals surface area contributed by atoms with Crippen molar-refractivity contribution >= 4 is 13.3 Å². The first-order chi connectivity index (χ1) is 13.7. The number of halogens is 1. The lowest BCUT2D eigenvalue weighted by atomic mass is 9.92. The fourth-order valence-electron chi connectivity index (χ4n) is 3.42. The normalized spacial score (nSPS) is 13.1. The van der Waals surface area contributed by atoms with Gasteiger partial charge in [-0.15, -0.1) is 0 Å². The summed E-state index contributed by atoms with van der Waals surface area (Å²) >= 11 is 0. The summed E-state index contributed by atoms with van der Waals surface area (Å²) in [6.45, 7) is 12.5. The molecular formula is C23H33FNO3P. The van der Waals surface area contributed by atoms with Crippen molar-refractivity contribution in [2.24, 2.45) is 0 Å². The molecule has 0 aromatic heterocycles. The van der Waals surface area contributed by atoms with E-state index in [2.05, 4.69) is 45.1 Å². The molecule has 0 aliphatic heterocycles. The van der Waals surface area contributed by atoms with E-state index in [4.69, 9.17) is 9.05 Å². The highest BCUT2D eigenvalue weighted by Gasteiger charge is 2.38. The average Bonchev–Trinajstić information content (AvgIpc) is 2.65. The Balaban J connectivity index is 2.67. The molecule has 0 fully saturated rings. The van der Waals surface area contributed by atoms with Gasteiger partial charge in [-0.05, 0) is 54.5 Å². The molecular weight excluding hydrogens is 388 g/mol. The lowest BCUT2D eigenvalue weighted by molar-refractivity contribution is 0.214. The van der Waals surface area contributed by atoms with Crippen molar-refractivity contribution in [3.63, 3.8) is 0 Å². The van der Waals surface area contributed by atoms with Crippen molar-refractivity contribution in [1.82, 2.24) is 0 Å². The van der Waals surface area contributed by atoms with Gasteiger partial charge in [-0.2, -0.15) is 0 Å². The molecule has 0 aliphatic rings. The minimum Gasteiger partial charge on any atom is -0.367 e. The zero-order valence-corrected chi connectivity index (χ0v) is 19.1. The number of para-hydroxylation sites is 1. The predicted octanol–water partition coefficient (Wildman–Crippen LogP) is 7.45. The summed E-state index contributed by atoms with van der Waals surface area (Å²) in [7, 11) is -3.61. The fourth-order valence-corrected chi connectivity index (χ4v) is 5.33. The first kappa shape index (κ1) is 23.6. The summed E-state index contributed by atoms with van der Waals surface area (Å²) < 4.78 is 39.1. The van der Waals surface area contributed by atoms with Crippen LogP contribution in [-0.2, 0) is 13.6 Å². The number of benzene rings is 2. The summed E-state index contributed by atoms with van der Waals surface area (Å²) in [5.41, 5.74) is 3.66. The van der Waals surface area contributed by atoms with Crippen molar-refractivity contribution in [2.45, 2.75) is 59.2 Å². The summed E-state index contributed by atoms with van der Waals surface area (Å²) in [6, 6.07) is 12.3. The minimum atomic E-state index is -3.61. The molecule has 1 atom stereocenters. The molecule has 1 N–H and O–H groups in total. The van der Waals surface area contributed by atoms with Gasteiger partial charge >= 0.3 is 7.60 Å². The fraction of sp³-hybridized carbons (Fsp3) is 0.478. The third-order valence-corrected chi connectivity index (χ3v) is 7.05. The van der Waals surface area contributed by atoms with Crippen LogP contribution in [0.1, 0.15) is 75.9 Å². The smallest absolute Gasteiger partial charge is 0.357 e. The molecule has 2 rings (SSSR count). The molecule has 1 unspecified atom stereocenters. The Bertz CT molecular complexity index is 818. The number of hydrogen-bond acceptors (Lipinski definition) is 4. The molecule has 0 saturated carbocycles. The maximum absolute atomic E-state index is 14.0. The number of rotatable bonds is 10. The molecule has 0 spiro atoms. The topological polar surface area (TPSA) is 47.6 Å². The van der Waals surface area contributed by atoms with Crippen molar-refractivity contribution in [3.8, 4) is 0 Å². The van der Waals surface area contributed by atoms with Gasteiger partial charge in [0.05, 0.1) is 13.2 Å². The van der Waals surface area contributed by atoms with Crippen molar-refractivity contribution in [1.29, 1.82) is 0 Å². The highest BCUT2D eigenvalue weighted by molar-refractivity contribution is 7.54. The molecule has 160 valence electrons. The maximum atomic E-state index is 14.0. The van der Waals surface area contributed by atoms with E-state index in [1.165, 1.54) is 12.1 Å². The summed E-state index contributed by atoms with van der Waals surface area (Å²) in [5, 5.41) is 3.45. The van der Waals surface area contributed by atoms with Gasteiger partial charge in [-0.3, -0.25) is 4.57 Å². The second kappa shape index (κ2) is 10.4. The van der Waals surface area contributed by atoms with Crippen LogP contribution in [0.5, 0.6) is 0 Å². The molecule has 2 aromatic carbocycles.